The van der Waals surface area contributed by atoms with E-state index in [2.05, 4.69) is 15.9 Å². The highest BCUT2D eigenvalue weighted by Crippen LogP contribution is 2.20. The summed E-state index contributed by atoms with van der Waals surface area (Å²) >= 11 is 3.06. The number of halogens is 2. The van der Waals surface area contributed by atoms with Gasteiger partial charge in [0.15, 0.2) is 0 Å². The molecule has 0 aliphatic carbocycles. The number of aromatic nitrogens is 1. The maximum atomic E-state index is 13.2. The van der Waals surface area contributed by atoms with Crippen molar-refractivity contribution >= 4 is 21.6 Å². The molecule has 1 aromatic heterocycles. The van der Waals surface area contributed by atoms with Gasteiger partial charge in [-0.1, -0.05) is 0 Å². The van der Waals surface area contributed by atoms with E-state index in [1.54, 1.807) is 24.4 Å². The third kappa shape index (κ3) is 3.57. The molecule has 19 heavy (non-hydrogen) atoms. The number of nitrogen functional groups attached to an aromatic ring is 1. The van der Waals surface area contributed by atoms with Gasteiger partial charge in [0.05, 0.1) is 11.0 Å². The van der Waals surface area contributed by atoms with Gasteiger partial charge in [0.2, 0.25) is 0 Å². The molecule has 0 unspecified atom stereocenters. The minimum absolute atomic E-state index is 0.153. The summed E-state index contributed by atoms with van der Waals surface area (Å²) in [6.07, 6.45) is 1.55. The van der Waals surface area contributed by atoms with Crippen LogP contribution in [0.25, 0.3) is 0 Å². The Morgan fingerprint density at radius 2 is 2.11 bits per heavy atom. The lowest BCUT2D eigenvalue weighted by Gasteiger charge is -2.09. The van der Waals surface area contributed by atoms with E-state index >= 15 is 0 Å². The van der Waals surface area contributed by atoms with Gasteiger partial charge >= 0.3 is 0 Å². The second-order valence-corrected chi connectivity index (χ2v) is 4.77. The highest BCUT2D eigenvalue weighted by Gasteiger charge is 2.02. The van der Waals surface area contributed by atoms with Crippen molar-refractivity contribution in [2.24, 2.45) is 0 Å². The molecule has 0 radical (unpaired) electrons. The van der Waals surface area contributed by atoms with Crippen LogP contribution in [0.3, 0.4) is 0 Å². The van der Waals surface area contributed by atoms with Gasteiger partial charge in [-0.15, -0.1) is 0 Å². The summed E-state index contributed by atoms with van der Waals surface area (Å²) in [5.41, 5.74) is 5.95. The van der Waals surface area contributed by atoms with Crippen molar-refractivity contribution in [2.45, 2.75) is 6.54 Å². The van der Waals surface area contributed by atoms with E-state index in [1.165, 1.54) is 16.7 Å². The summed E-state index contributed by atoms with van der Waals surface area (Å²) in [6.45, 7) is 0.603. The molecule has 2 aromatic rings. The number of nitrogens with two attached hydrogens (primary N) is 1. The Bertz CT molecular complexity index is 643. The van der Waals surface area contributed by atoms with Crippen molar-refractivity contribution < 1.29 is 9.13 Å². The van der Waals surface area contributed by atoms with Crippen molar-refractivity contribution in [3.63, 3.8) is 0 Å². The zero-order chi connectivity index (χ0) is 13.8. The highest BCUT2D eigenvalue weighted by atomic mass is 79.9. The van der Waals surface area contributed by atoms with Gasteiger partial charge in [0, 0.05) is 24.0 Å². The van der Waals surface area contributed by atoms with Gasteiger partial charge in [-0.2, -0.15) is 0 Å². The normalized spacial score (nSPS) is 10.4. The fourth-order valence-electron chi connectivity index (χ4n) is 1.55. The number of hydrogen-bond donors (Lipinski definition) is 1. The maximum Gasteiger partial charge on any atom is 0.250 e. The molecule has 0 aliphatic rings. The lowest BCUT2D eigenvalue weighted by molar-refractivity contribution is 0.295. The van der Waals surface area contributed by atoms with E-state index in [0.29, 0.717) is 22.5 Å². The lowest BCUT2D eigenvalue weighted by atomic mass is 10.3. The number of ether oxygens (including phenoxy) is 1. The first-order valence-electron chi connectivity index (χ1n) is 5.60. The number of nitrogens with zero attached hydrogens (tertiary/aromatic N) is 1. The minimum Gasteiger partial charge on any atom is -0.492 e. The average Bonchev–Trinajstić information content (AvgIpc) is 2.38. The Morgan fingerprint density at radius 1 is 1.32 bits per heavy atom. The Hall–Kier alpha value is -1.82. The van der Waals surface area contributed by atoms with Crippen LogP contribution in [0.15, 0.2) is 45.8 Å². The van der Waals surface area contributed by atoms with E-state index in [-0.39, 0.29) is 12.2 Å². The summed E-state index contributed by atoms with van der Waals surface area (Å²) in [5.74, 6) is 0.0243. The van der Waals surface area contributed by atoms with E-state index in [9.17, 15) is 9.18 Å². The molecule has 0 saturated carbocycles. The number of rotatable bonds is 4. The molecule has 2 N–H and O–H groups in total. The summed E-state index contributed by atoms with van der Waals surface area (Å²) in [7, 11) is 0. The van der Waals surface area contributed by atoms with Crippen LogP contribution in [0.2, 0.25) is 0 Å². The van der Waals surface area contributed by atoms with Gasteiger partial charge < -0.3 is 15.0 Å². The van der Waals surface area contributed by atoms with Crippen LogP contribution < -0.4 is 16.0 Å². The lowest BCUT2D eigenvalue weighted by Crippen LogP contribution is -2.22. The number of hydrogen-bond acceptors (Lipinski definition) is 3. The molecule has 0 aliphatic heterocycles. The molecule has 100 valence electrons. The van der Waals surface area contributed by atoms with Crippen LogP contribution in [0, 0.1) is 5.82 Å². The van der Waals surface area contributed by atoms with Crippen LogP contribution in [0.4, 0.5) is 10.1 Å². The molecule has 6 heteroatoms. The van der Waals surface area contributed by atoms with Crippen molar-refractivity contribution in [3.8, 4) is 5.75 Å². The van der Waals surface area contributed by atoms with E-state index in [1.807, 2.05) is 0 Å². The smallest absolute Gasteiger partial charge is 0.250 e. The fourth-order valence-corrected chi connectivity index (χ4v) is 1.80. The molecule has 0 spiro atoms. The highest BCUT2D eigenvalue weighted by molar-refractivity contribution is 9.10. The van der Waals surface area contributed by atoms with Gasteiger partial charge in [-0.25, -0.2) is 4.39 Å². The van der Waals surface area contributed by atoms with Crippen LogP contribution in [-0.2, 0) is 6.54 Å². The minimum atomic E-state index is -0.390. The summed E-state index contributed by atoms with van der Waals surface area (Å²) in [5, 5.41) is 0. The third-order valence-electron chi connectivity index (χ3n) is 2.50. The maximum absolute atomic E-state index is 13.2. The predicted molar refractivity (Wildman–Crippen MR) is 74.7 cm³/mol. The third-order valence-corrected chi connectivity index (χ3v) is 3.14. The average molecular weight is 327 g/mol. The van der Waals surface area contributed by atoms with Crippen LogP contribution >= 0.6 is 15.9 Å². The SMILES string of the molecule is Nc1ccc(=O)n(CCOc2ccc(Br)c(F)c2)c1. The van der Waals surface area contributed by atoms with Gasteiger partial charge in [0.1, 0.15) is 18.2 Å². The van der Waals surface area contributed by atoms with Gasteiger partial charge in [0.25, 0.3) is 5.56 Å². The molecule has 1 heterocycles. The van der Waals surface area contributed by atoms with E-state index in [0.717, 1.165) is 0 Å². The molecule has 0 atom stereocenters. The molecule has 0 saturated heterocycles. The van der Waals surface area contributed by atoms with Crippen LogP contribution in [0.5, 0.6) is 5.75 Å². The van der Waals surface area contributed by atoms with Gasteiger partial charge in [-0.3, -0.25) is 4.79 Å². The second kappa shape index (κ2) is 5.88. The Balaban J connectivity index is 1.98. The quantitative estimate of drug-likeness (QED) is 0.938. The monoisotopic (exact) mass is 326 g/mol. The fraction of sp³-hybridized carbons (Fsp3) is 0.154. The Labute approximate surface area is 117 Å². The molecular weight excluding hydrogens is 315 g/mol. The Morgan fingerprint density at radius 3 is 2.84 bits per heavy atom. The first-order valence-corrected chi connectivity index (χ1v) is 6.39. The molecule has 4 nitrogen and oxygen atoms in total. The standard InChI is InChI=1S/C13H12BrFN2O2/c14-11-3-2-10(7-12(11)15)19-6-5-17-8-9(16)1-4-13(17)18/h1-4,7-8H,5-6,16H2. The van der Waals surface area contributed by atoms with Crippen LogP contribution in [0.1, 0.15) is 0 Å². The van der Waals surface area contributed by atoms with Crippen molar-refractivity contribution in [1.29, 1.82) is 0 Å². The molecule has 2 rings (SSSR count). The first kappa shape index (κ1) is 13.6. The van der Waals surface area contributed by atoms with Crippen molar-refractivity contribution in [2.75, 3.05) is 12.3 Å². The number of pyridine rings is 1. The second-order valence-electron chi connectivity index (χ2n) is 3.92. The van der Waals surface area contributed by atoms with Crippen molar-refractivity contribution in [3.05, 3.63) is 57.2 Å². The molecule has 0 fully saturated rings. The zero-order valence-electron chi connectivity index (χ0n) is 9.98. The van der Waals surface area contributed by atoms with E-state index < -0.39 is 5.82 Å². The molecular formula is C13H12BrFN2O2. The summed E-state index contributed by atoms with van der Waals surface area (Å²) in [6, 6.07) is 7.44. The first-order chi connectivity index (χ1) is 9.06. The summed E-state index contributed by atoms with van der Waals surface area (Å²) < 4.78 is 20.5. The topological polar surface area (TPSA) is 57.2 Å². The number of benzene rings is 1. The molecule has 0 bridgehead atoms. The number of anilines is 1. The molecule has 1 aromatic carbocycles. The Kier molecular flexibility index (Phi) is 4.21. The van der Waals surface area contributed by atoms with Crippen LogP contribution in [-0.4, -0.2) is 11.2 Å². The summed E-state index contributed by atoms with van der Waals surface area (Å²) in [4.78, 5) is 11.5. The largest absolute Gasteiger partial charge is 0.492 e. The molecule has 0 amide bonds. The predicted octanol–water partition coefficient (Wildman–Crippen LogP) is 2.41. The van der Waals surface area contributed by atoms with Gasteiger partial charge in [-0.05, 0) is 34.1 Å². The van der Waals surface area contributed by atoms with Crippen molar-refractivity contribution in [1.82, 2.24) is 4.57 Å². The van der Waals surface area contributed by atoms with E-state index in [4.69, 9.17) is 10.5 Å². The zero-order valence-corrected chi connectivity index (χ0v) is 11.6.